The van der Waals surface area contributed by atoms with Gasteiger partial charge in [-0.05, 0) is 17.7 Å². The Kier molecular flexibility index (Phi) is 4.86. The van der Waals surface area contributed by atoms with E-state index in [1.165, 1.54) is 9.95 Å². The lowest BCUT2D eigenvalue weighted by Gasteiger charge is -2.15. The van der Waals surface area contributed by atoms with Gasteiger partial charge in [0.05, 0.1) is 27.5 Å². The number of carbonyl (C=O) groups is 1. The van der Waals surface area contributed by atoms with Crippen LogP contribution in [0.5, 0.6) is 0 Å². The molecule has 1 aromatic carbocycles. The number of thiophene rings is 1. The van der Waals surface area contributed by atoms with Crippen LogP contribution in [0.25, 0.3) is 10.2 Å². The summed E-state index contributed by atoms with van der Waals surface area (Å²) in [6.07, 6.45) is 0. The molecule has 0 amide bonds. The predicted molar refractivity (Wildman–Crippen MR) is 100 cm³/mol. The Morgan fingerprint density at radius 2 is 2.04 bits per heavy atom. The first-order valence-electron chi connectivity index (χ1n) is 7.48. The summed E-state index contributed by atoms with van der Waals surface area (Å²) >= 11 is 13.2. The predicted octanol–water partition coefficient (Wildman–Crippen LogP) is 4.63. The van der Waals surface area contributed by atoms with Crippen LogP contribution in [-0.4, -0.2) is 20.6 Å². The summed E-state index contributed by atoms with van der Waals surface area (Å²) in [6, 6.07) is 5.13. The fourth-order valence-electron chi connectivity index (χ4n) is 2.61. The van der Waals surface area contributed by atoms with E-state index in [4.69, 9.17) is 23.2 Å². The molecule has 25 heavy (non-hydrogen) atoms. The Bertz CT molecular complexity index is 1040. The number of hydrogen-bond acceptors (Lipinski definition) is 4. The number of halogens is 2. The van der Waals surface area contributed by atoms with E-state index in [9.17, 15) is 14.7 Å². The normalized spacial score (nSPS) is 11.4. The van der Waals surface area contributed by atoms with E-state index in [1.54, 1.807) is 18.2 Å². The van der Waals surface area contributed by atoms with Crippen LogP contribution in [0.1, 0.15) is 41.5 Å². The number of hydrogen-bond donors (Lipinski definition) is 1. The van der Waals surface area contributed by atoms with Gasteiger partial charge in [-0.3, -0.25) is 9.36 Å². The molecule has 2 aromatic heterocycles. The van der Waals surface area contributed by atoms with E-state index in [1.807, 2.05) is 13.8 Å². The van der Waals surface area contributed by atoms with E-state index in [2.05, 4.69) is 4.98 Å². The second kappa shape index (κ2) is 6.78. The van der Waals surface area contributed by atoms with E-state index >= 15 is 0 Å². The van der Waals surface area contributed by atoms with Gasteiger partial charge in [-0.1, -0.05) is 43.1 Å². The number of carboxylic acid groups (broad SMARTS) is 1. The fraction of sp³-hybridized carbons (Fsp3) is 0.235. The molecule has 0 spiro atoms. The standard InChI is InChI=1S/C17H14Cl2N2O3S/c1-8(2)14-20-15-13(10(7-25-15)17(23)24)16(22)21(14)6-9-3-4-11(18)12(19)5-9/h3-5,7-8H,6H2,1-2H3,(H,23,24). The van der Waals surface area contributed by atoms with Gasteiger partial charge in [0.25, 0.3) is 5.56 Å². The van der Waals surface area contributed by atoms with E-state index < -0.39 is 5.97 Å². The van der Waals surface area contributed by atoms with Gasteiger partial charge in [-0.25, -0.2) is 9.78 Å². The highest BCUT2D eigenvalue weighted by molar-refractivity contribution is 7.17. The van der Waals surface area contributed by atoms with Crippen molar-refractivity contribution in [2.45, 2.75) is 26.3 Å². The van der Waals surface area contributed by atoms with Gasteiger partial charge >= 0.3 is 5.97 Å². The minimum Gasteiger partial charge on any atom is -0.478 e. The second-order valence-corrected chi connectivity index (χ2v) is 7.57. The zero-order chi connectivity index (χ0) is 18.3. The van der Waals surface area contributed by atoms with Crippen molar-refractivity contribution in [2.24, 2.45) is 0 Å². The zero-order valence-corrected chi connectivity index (χ0v) is 15.7. The number of nitrogens with zero attached hydrogens (tertiary/aromatic N) is 2. The smallest absolute Gasteiger partial charge is 0.337 e. The molecule has 2 heterocycles. The molecular weight excluding hydrogens is 383 g/mol. The fourth-order valence-corrected chi connectivity index (χ4v) is 3.84. The molecule has 0 saturated heterocycles. The third-order valence-electron chi connectivity index (χ3n) is 3.79. The number of carboxylic acids is 1. The topological polar surface area (TPSA) is 72.2 Å². The maximum atomic E-state index is 13.0. The maximum absolute atomic E-state index is 13.0. The van der Waals surface area contributed by atoms with Crippen molar-refractivity contribution in [2.75, 3.05) is 0 Å². The van der Waals surface area contributed by atoms with Crippen molar-refractivity contribution >= 4 is 50.7 Å². The third-order valence-corrected chi connectivity index (χ3v) is 5.41. The molecule has 0 bridgehead atoms. The SMILES string of the molecule is CC(C)c1nc2scc(C(=O)O)c2c(=O)n1Cc1ccc(Cl)c(Cl)c1. The Balaban J connectivity index is 2.23. The maximum Gasteiger partial charge on any atom is 0.337 e. The summed E-state index contributed by atoms with van der Waals surface area (Å²) in [5.41, 5.74) is 0.403. The Labute approximate surface area is 157 Å². The molecule has 8 heteroatoms. The highest BCUT2D eigenvalue weighted by Crippen LogP contribution is 2.26. The Morgan fingerprint density at radius 3 is 2.64 bits per heavy atom. The lowest BCUT2D eigenvalue weighted by Crippen LogP contribution is -2.27. The minimum atomic E-state index is -1.14. The van der Waals surface area contributed by atoms with Gasteiger partial charge in [0.1, 0.15) is 10.7 Å². The van der Waals surface area contributed by atoms with Crippen LogP contribution in [0.4, 0.5) is 0 Å². The van der Waals surface area contributed by atoms with Crippen LogP contribution in [0.3, 0.4) is 0 Å². The largest absolute Gasteiger partial charge is 0.478 e. The van der Waals surface area contributed by atoms with Crippen molar-refractivity contribution < 1.29 is 9.90 Å². The monoisotopic (exact) mass is 396 g/mol. The average molecular weight is 397 g/mol. The lowest BCUT2D eigenvalue weighted by molar-refractivity contribution is 0.0699. The van der Waals surface area contributed by atoms with Crippen molar-refractivity contribution in [3.63, 3.8) is 0 Å². The van der Waals surface area contributed by atoms with Crippen molar-refractivity contribution in [3.05, 3.63) is 60.9 Å². The molecule has 0 aliphatic heterocycles. The van der Waals surface area contributed by atoms with Crippen LogP contribution < -0.4 is 5.56 Å². The highest BCUT2D eigenvalue weighted by atomic mass is 35.5. The van der Waals surface area contributed by atoms with Crippen LogP contribution in [-0.2, 0) is 6.54 Å². The molecule has 0 unspecified atom stereocenters. The number of aromatic nitrogens is 2. The number of aromatic carboxylic acids is 1. The van der Waals surface area contributed by atoms with Crippen LogP contribution in [0.15, 0.2) is 28.4 Å². The highest BCUT2D eigenvalue weighted by Gasteiger charge is 2.21. The summed E-state index contributed by atoms with van der Waals surface area (Å²) in [7, 11) is 0. The third kappa shape index (κ3) is 3.29. The van der Waals surface area contributed by atoms with Gasteiger partial charge in [0.15, 0.2) is 0 Å². The molecule has 3 aromatic rings. The minimum absolute atomic E-state index is 0.00440. The molecule has 0 aliphatic carbocycles. The molecule has 0 atom stereocenters. The average Bonchev–Trinajstić information content (AvgIpc) is 2.97. The first-order chi connectivity index (χ1) is 11.8. The number of benzene rings is 1. The second-order valence-electron chi connectivity index (χ2n) is 5.90. The summed E-state index contributed by atoms with van der Waals surface area (Å²) in [6.45, 7) is 4.11. The van der Waals surface area contributed by atoms with Crippen molar-refractivity contribution in [3.8, 4) is 0 Å². The van der Waals surface area contributed by atoms with Crippen LogP contribution in [0.2, 0.25) is 10.0 Å². The summed E-state index contributed by atoms with van der Waals surface area (Å²) < 4.78 is 1.51. The lowest BCUT2D eigenvalue weighted by atomic mass is 10.1. The van der Waals surface area contributed by atoms with Gasteiger partial charge in [-0.15, -0.1) is 11.3 Å². The van der Waals surface area contributed by atoms with Crippen LogP contribution in [0, 0.1) is 0 Å². The molecule has 130 valence electrons. The zero-order valence-electron chi connectivity index (χ0n) is 13.4. The number of rotatable bonds is 4. The van der Waals surface area contributed by atoms with Crippen LogP contribution >= 0.6 is 34.5 Å². The van der Waals surface area contributed by atoms with Crippen molar-refractivity contribution in [1.29, 1.82) is 0 Å². The first kappa shape index (κ1) is 17.9. The van der Waals surface area contributed by atoms with E-state index in [-0.39, 0.29) is 29.0 Å². The van der Waals surface area contributed by atoms with Crippen molar-refractivity contribution in [1.82, 2.24) is 9.55 Å². The quantitative estimate of drug-likeness (QED) is 0.697. The van der Waals surface area contributed by atoms with E-state index in [0.717, 1.165) is 16.9 Å². The molecule has 0 saturated carbocycles. The van der Waals surface area contributed by atoms with Gasteiger partial charge in [0, 0.05) is 11.3 Å². The Hall–Kier alpha value is -1.89. The first-order valence-corrected chi connectivity index (χ1v) is 9.12. The summed E-state index contributed by atoms with van der Waals surface area (Å²) in [5.74, 6) is -0.541. The Morgan fingerprint density at radius 1 is 1.32 bits per heavy atom. The number of fused-ring (bicyclic) bond motifs is 1. The van der Waals surface area contributed by atoms with Gasteiger partial charge < -0.3 is 5.11 Å². The molecule has 0 fully saturated rings. The molecule has 3 rings (SSSR count). The summed E-state index contributed by atoms with van der Waals surface area (Å²) in [5, 5.41) is 11.7. The van der Waals surface area contributed by atoms with E-state index in [0.29, 0.717) is 20.7 Å². The molecule has 0 radical (unpaired) electrons. The van der Waals surface area contributed by atoms with Gasteiger partial charge in [0.2, 0.25) is 0 Å². The molecular formula is C17H14Cl2N2O3S. The summed E-state index contributed by atoms with van der Waals surface area (Å²) in [4.78, 5) is 29.4. The molecule has 1 N–H and O–H groups in total. The van der Waals surface area contributed by atoms with Gasteiger partial charge in [-0.2, -0.15) is 0 Å². The molecule has 0 aliphatic rings. The molecule has 5 nitrogen and oxygen atoms in total.